The second-order valence-electron chi connectivity index (χ2n) is 12.8. The fourth-order valence-electron chi connectivity index (χ4n) is 5.03. The molecule has 1 aromatic carbocycles. The highest BCUT2D eigenvalue weighted by Gasteiger charge is 2.33. The Kier molecular flexibility index (Phi) is 19.9. The predicted molar refractivity (Wildman–Crippen MR) is 188 cm³/mol. The molecule has 0 aliphatic carbocycles. The van der Waals surface area contributed by atoms with Crippen molar-refractivity contribution in [1.29, 1.82) is 0 Å². The lowest BCUT2D eigenvalue weighted by Gasteiger charge is -2.31. The normalized spacial score (nSPS) is 15.4. The average molecular weight is 724 g/mol. The number of benzene rings is 1. The van der Waals surface area contributed by atoms with Gasteiger partial charge in [0.2, 0.25) is 23.6 Å². The molecule has 0 unspecified atom stereocenters. The number of thioether (sulfide) groups is 1. The second kappa shape index (κ2) is 22.6. The van der Waals surface area contributed by atoms with Gasteiger partial charge in [-0.05, 0) is 56.1 Å². The number of carboxylic acids is 2. The molecule has 16 heteroatoms. The van der Waals surface area contributed by atoms with Crippen molar-refractivity contribution in [2.24, 2.45) is 17.6 Å². The van der Waals surface area contributed by atoms with Crippen molar-refractivity contribution in [2.45, 2.75) is 109 Å². The van der Waals surface area contributed by atoms with E-state index in [1.807, 2.05) is 6.26 Å². The third-order valence-corrected chi connectivity index (χ3v) is 8.69. The van der Waals surface area contributed by atoms with Gasteiger partial charge in [0.15, 0.2) is 0 Å². The number of Topliss-reactive ketones (excluding diaryl/α,β-unsaturated/α-hetero) is 1. The Morgan fingerprint density at radius 3 is 1.86 bits per heavy atom. The maximum atomic E-state index is 13.3. The summed E-state index contributed by atoms with van der Waals surface area (Å²) in [4.78, 5) is 87.0. The molecule has 4 amide bonds. The Labute approximate surface area is 297 Å². The minimum absolute atomic E-state index is 0.000457. The van der Waals surface area contributed by atoms with Crippen molar-refractivity contribution in [3.8, 4) is 0 Å². The summed E-state index contributed by atoms with van der Waals surface area (Å²) >= 11 is 1.45. The lowest BCUT2D eigenvalue weighted by Crippen LogP contribution is -2.56. The van der Waals surface area contributed by atoms with Gasteiger partial charge in [-0.15, -0.1) is 0 Å². The lowest BCUT2D eigenvalue weighted by molar-refractivity contribution is -0.142. The number of carboxylic acid groups (broad SMARTS) is 2. The summed E-state index contributed by atoms with van der Waals surface area (Å²) < 4.78 is 0. The number of nitrogens with one attached hydrogen (secondary N) is 4. The topological polar surface area (TPSA) is 254 Å². The van der Waals surface area contributed by atoms with Crippen LogP contribution in [0.2, 0.25) is 0 Å². The largest absolute Gasteiger partial charge is 0.481 e. The van der Waals surface area contributed by atoms with E-state index in [1.54, 1.807) is 44.2 Å². The molecule has 280 valence electrons. The van der Waals surface area contributed by atoms with Crippen molar-refractivity contribution in [3.05, 3.63) is 35.9 Å². The predicted octanol–water partition coefficient (Wildman–Crippen LogP) is 0.610. The first kappa shape index (κ1) is 44.0. The summed E-state index contributed by atoms with van der Waals surface area (Å²) in [7, 11) is 0. The second-order valence-corrected chi connectivity index (χ2v) is 13.7. The molecule has 0 saturated heterocycles. The number of aliphatic carboxylic acids is 2. The zero-order valence-electron chi connectivity index (χ0n) is 29.3. The van der Waals surface area contributed by atoms with Crippen LogP contribution in [0.5, 0.6) is 0 Å². The summed E-state index contributed by atoms with van der Waals surface area (Å²) in [5.41, 5.74) is 6.50. The Morgan fingerprint density at radius 1 is 0.760 bits per heavy atom. The van der Waals surface area contributed by atoms with E-state index in [-0.39, 0.29) is 56.6 Å². The lowest BCUT2D eigenvalue weighted by atomic mass is 9.91. The van der Waals surface area contributed by atoms with Crippen molar-refractivity contribution in [2.75, 3.05) is 12.0 Å². The van der Waals surface area contributed by atoms with Crippen LogP contribution in [0.15, 0.2) is 30.3 Å². The molecule has 50 heavy (non-hydrogen) atoms. The van der Waals surface area contributed by atoms with Crippen LogP contribution in [-0.2, 0) is 40.0 Å². The highest BCUT2D eigenvalue weighted by molar-refractivity contribution is 7.98. The van der Waals surface area contributed by atoms with Crippen LogP contribution in [0.25, 0.3) is 0 Å². The van der Waals surface area contributed by atoms with Gasteiger partial charge in [0.05, 0.1) is 18.2 Å². The zero-order chi connectivity index (χ0) is 38.0. The smallest absolute Gasteiger partial charge is 0.326 e. The van der Waals surface area contributed by atoms with E-state index in [0.717, 1.165) is 0 Å². The van der Waals surface area contributed by atoms with Crippen LogP contribution in [0.1, 0.15) is 71.8 Å². The first-order chi connectivity index (χ1) is 23.5. The van der Waals surface area contributed by atoms with E-state index in [1.165, 1.54) is 25.6 Å². The number of nitrogens with two attached hydrogens (primary N) is 1. The number of rotatable bonds is 24. The SMILES string of the molecule is CSCC[C@H](NC(=O)[C@@H](N)CCC(=O)O)C(=O)N[C@@H](C(C)C)[C@@H](O)C[C@@H](C)C(=O)N[C@@H](CCC(C)=O)C(=O)N[C@@H](Cc1ccccc1)C(=O)O. The van der Waals surface area contributed by atoms with E-state index in [0.29, 0.717) is 11.3 Å². The summed E-state index contributed by atoms with van der Waals surface area (Å²) in [6.07, 6.45) is 0.136. The fourth-order valence-corrected chi connectivity index (χ4v) is 5.51. The molecule has 0 aromatic heterocycles. The monoisotopic (exact) mass is 723 g/mol. The number of hydrogen-bond acceptors (Lipinski definition) is 10. The van der Waals surface area contributed by atoms with Crippen LogP contribution in [0.3, 0.4) is 0 Å². The molecule has 0 saturated carbocycles. The molecular weight excluding hydrogens is 670 g/mol. The Balaban J connectivity index is 3.00. The molecule has 1 aromatic rings. The maximum Gasteiger partial charge on any atom is 0.326 e. The standard InChI is InChI=1S/C34H53N5O10S/c1-19(2)29(39-33(47)25(15-16-50-5)37-31(45)23(35)12-14-28(42)43)27(41)17-20(3)30(44)36-24(13-11-21(4)40)32(46)38-26(34(48)49)18-22-9-7-6-8-10-22/h6-10,19-20,23-27,29,41H,11-18,35H2,1-5H3,(H,36,44)(H,37,45)(H,38,46)(H,39,47)(H,42,43)(H,48,49)/t20-,23+,24+,25+,26+,27+,29+/m1/s1. The number of carbonyl (C=O) groups is 7. The molecule has 0 heterocycles. The molecule has 0 fully saturated rings. The van der Waals surface area contributed by atoms with Crippen molar-refractivity contribution >= 4 is 53.1 Å². The molecule has 7 atom stereocenters. The summed E-state index contributed by atoms with van der Waals surface area (Å²) in [6, 6.07) is 3.17. The highest BCUT2D eigenvalue weighted by Crippen LogP contribution is 2.17. The van der Waals surface area contributed by atoms with E-state index in [4.69, 9.17) is 10.8 Å². The van der Waals surface area contributed by atoms with Gasteiger partial charge < -0.3 is 47.1 Å². The number of aliphatic hydroxyl groups is 1. The molecule has 1 rings (SSSR count). The van der Waals surface area contributed by atoms with Gasteiger partial charge >= 0.3 is 11.9 Å². The van der Waals surface area contributed by atoms with Gasteiger partial charge in [-0.25, -0.2) is 4.79 Å². The Hall–Kier alpha value is -4.02. The molecule has 15 nitrogen and oxygen atoms in total. The van der Waals surface area contributed by atoms with Crippen LogP contribution in [0.4, 0.5) is 0 Å². The quantitative estimate of drug-likeness (QED) is 0.0731. The molecule has 9 N–H and O–H groups in total. The van der Waals surface area contributed by atoms with E-state index >= 15 is 0 Å². The van der Waals surface area contributed by atoms with Crippen LogP contribution >= 0.6 is 11.8 Å². The Bertz CT molecular complexity index is 1300. The third kappa shape index (κ3) is 16.6. The minimum Gasteiger partial charge on any atom is -0.481 e. The molecule has 0 bridgehead atoms. The van der Waals surface area contributed by atoms with E-state index < -0.39 is 77.8 Å². The van der Waals surface area contributed by atoms with E-state index in [9.17, 15) is 43.8 Å². The molecule has 0 aliphatic rings. The van der Waals surface area contributed by atoms with Gasteiger partial charge in [0, 0.05) is 25.2 Å². The van der Waals surface area contributed by atoms with Gasteiger partial charge in [0.1, 0.15) is 23.9 Å². The number of ketones is 1. The van der Waals surface area contributed by atoms with Crippen LogP contribution in [0, 0.1) is 11.8 Å². The summed E-state index contributed by atoms with van der Waals surface area (Å²) in [5.74, 6) is -5.97. The maximum absolute atomic E-state index is 13.3. The Morgan fingerprint density at radius 2 is 1.32 bits per heavy atom. The van der Waals surface area contributed by atoms with Crippen molar-refractivity contribution in [1.82, 2.24) is 21.3 Å². The van der Waals surface area contributed by atoms with Crippen LogP contribution in [-0.4, -0.2) is 105 Å². The highest BCUT2D eigenvalue weighted by atomic mass is 32.2. The molecular formula is C34H53N5O10S. The number of hydrogen-bond donors (Lipinski definition) is 8. The average Bonchev–Trinajstić information content (AvgIpc) is 3.05. The number of amides is 4. The molecule has 0 radical (unpaired) electrons. The number of carbonyl (C=O) groups excluding carboxylic acids is 5. The van der Waals surface area contributed by atoms with Crippen molar-refractivity contribution < 1.29 is 48.9 Å². The van der Waals surface area contributed by atoms with Gasteiger partial charge in [0.25, 0.3) is 0 Å². The molecule has 0 aliphatic heterocycles. The van der Waals surface area contributed by atoms with E-state index in [2.05, 4.69) is 21.3 Å². The van der Waals surface area contributed by atoms with Gasteiger partial charge in [-0.3, -0.25) is 24.0 Å². The van der Waals surface area contributed by atoms with Gasteiger partial charge in [-0.2, -0.15) is 11.8 Å². The number of aliphatic hydroxyl groups excluding tert-OH is 1. The van der Waals surface area contributed by atoms with Crippen LogP contribution < -0.4 is 27.0 Å². The molecule has 0 spiro atoms. The first-order valence-electron chi connectivity index (χ1n) is 16.6. The first-order valence-corrected chi connectivity index (χ1v) is 18.0. The fraction of sp³-hybridized carbons (Fsp3) is 0.618. The summed E-state index contributed by atoms with van der Waals surface area (Å²) in [5, 5.41) is 40.2. The van der Waals surface area contributed by atoms with Gasteiger partial charge in [-0.1, -0.05) is 51.1 Å². The summed E-state index contributed by atoms with van der Waals surface area (Å²) in [6.45, 7) is 6.36. The third-order valence-electron chi connectivity index (χ3n) is 8.05. The van der Waals surface area contributed by atoms with Crippen molar-refractivity contribution in [3.63, 3.8) is 0 Å². The zero-order valence-corrected chi connectivity index (χ0v) is 30.2. The minimum atomic E-state index is -1.29.